The number of rotatable bonds is 4. The van der Waals surface area contributed by atoms with Gasteiger partial charge in [0.25, 0.3) is 5.91 Å². The standard InChI is InChI=1S/C14H18N2O3/c1-19-15-9-11-4-6-12(7-5-11)14(18)16-8-2-3-13(16)10-17/h4-7,9,13,17H,2-3,8,10H2,1H3/b15-9+/t13-/m1/s1. The molecule has 2 rings (SSSR count). The largest absolute Gasteiger partial charge is 0.399 e. The van der Waals surface area contributed by atoms with Gasteiger partial charge in [-0.3, -0.25) is 4.79 Å². The quantitative estimate of drug-likeness (QED) is 0.656. The molecule has 102 valence electrons. The van der Waals surface area contributed by atoms with Crippen molar-refractivity contribution in [2.45, 2.75) is 18.9 Å². The van der Waals surface area contributed by atoms with E-state index in [1.54, 1.807) is 23.2 Å². The maximum atomic E-state index is 12.3. The average molecular weight is 262 g/mol. The summed E-state index contributed by atoms with van der Waals surface area (Å²) in [5.41, 5.74) is 1.51. The Labute approximate surface area is 112 Å². The number of benzene rings is 1. The van der Waals surface area contributed by atoms with Crippen molar-refractivity contribution >= 4 is 12.1 Å². The van der Waals surface area contributed by atoms with Gasteiger partial charge >= 0.3 is 0 Å². The molecule has 1 amide bonds. The van der Waals surface area contributed by atoms with Crippen LogP contribution in [0.4, 0.5) is 0 Å². The van der Waals surface area contributed by atoms with Crippen LogP contribution in [0, 0.1) is 0 Å². The molecule has 1 N–H and O–H groups in total. The smallest absolute Gasteiger partial charge is 0.254 e. The van der Waals surface area contributed by atoms with Gasteiger partial charge in [0.1, 0.15) is 7.11 Å². The van der Waals surface area contributed by atoms with Crippen molar-refractivity contribution in [1.82, 2.24) is 4.90 Å². The van der Waals surface area contributed by atoms with E-state index in [2.05, 4.69) is 9.99 Å². The summed E-state index contributed by atoms with van der Waals surface area (Å²) in [6.45, 7) is 0.751. The van der Waals surface area contributed by atoms with Crippen LogP contribution in [-0.2, 0) is 4.84 Å². The summed E-state index contributed by atoms with van der Waals surface area (Å²) in [6, 6.07) is 7.14. The van der Waals surface area contributed by atoms with Crippen molar-refractivity contribution in [2.75, 3.05) is 20.3 Å². The second kappa shape index (κ2) is 6.33. The van der Waals surface area contributed by atoms with Gasteiger partial charge in [-0.2, -0.15) is 0 Å². The molecule has 1 aromatic carbocycles. The minimum atomic E-state index is -0.0396. The first-order chi connectivity index (χ1) is 9.26. The molecule has 0 unspecified atom stereocenters. The minimum absolute atomic E-state index is 0.0215. The lowest BCUT2D eigenvalue weighted by molar-refractivity contribution is 0.0677. The van der Waals surface area contributed by atoms with Crippen LogP contribution < -0.4 is 0 Å². The number of amides is 1. The Bertz CT molecular complexity index is 456. The van der Waals surface area contributed by atoms with Crippen molar-refractivity contribution in [2.24, 2.45) is 5.16 Å². The second-order valence-corrected chi connectivity index (χ2v) is 4.52. The molecule has 0 aliphatic carbocycles. The molecule has 5 heteroatoms. The van der Waals surface area contributed by atoms with E-state index >= 15 is 0 Å². The average Bonchev–Trinajstić information content (AvgIpc) is 2.93. The van der Waals surface area contributed by atoms with Gasteiger partial charge in [-0.15, -0.1) is 0 Å². The SMILES string of the molecule is CO/N=C/c1ccc(C(=O)N2CCC[C@@H]2CO)cc1. The van der Waals surface area contributed by atoms with E-state index in [9.17, 15) is 9.90 Å². The summed E-state index contributed by atoms with van der Waals surface area (Å²) in [6.07, 6.45) is 3.41. The number of oxime groups is 1. The fourth-order valence-corrected chi connectivity index (χ4v) is 2.28. The second-order valence-electron chi connectivity index (χ2n) is 4.52. The van der Waals surface area contributed by atoms with Crippen LogP contribution in [0.5, 0.6) is 0 Å². The molecule has 0 saturated carbocycles. The number of carbonyl (C=O) groups excluding carboxylic acids is 1. The monoisotopic (exact) mass is 262 g/mol. The number of carbonyl (C=O) groups is 1. The van der Waals surface area contributed by atoms with Crippen LogP contribution in [0.25, 0.3) is 0 Å². The molecule has 1 atom stereocenters. The van der Waals surface area contributed by atoms with Crippen LogP contribution in [0.15, 0.2) is 29.4 Å². The number of aliphatic hydroxyl groups is 1. The van der Waals surface area contributed by atoms with Gasteiger partial charge in [0.05, 0.1) is 18.9 Å². The fraction of sp³-hybridized carbons (Fsp3) is 0.429. The third-order valence-electron chi connectivity index (χ3n) is 3.31. The first kappa shape index (κ1) is 13.5. The molecule has 1 aliphatic rings. The van der Waals surface area contributed by atoms with Crippen molar-refractivity contribution in [1.29, 1.82) is 0 Å². The zero-order valence-corrected chi connectivity index (χ0v) is 11.0. The summed E-state index contributed by atoms with van der Waals surface area (Å²) in [4.78, 5) is 18.6. The normalized spacial score (nSPS) is 19.1. The van der Waals surface area contributed by atoms with E-state index < -0.39 is 0 Å². The zero-order valence-electron chi connectivity index (χ0n) is 11.0. The van der Waals surface area contributed by atoms with Crippen molar-refractivity contribution in [3.63, 3.8) is 0 Å². The van der Waals surface area contributed by atoms with Gasteiger partial charge < -0.3 is 14.8 Å². The minimum Gasteiger partial charge on any atom is -0.399 e. The van der Waals surface area contributed by atoms with Crippen LogP contribution in [-0.4, -0.2) is 48.4 Å². The van der Waals surface area contributed by atoms with Gasteiger partial charge in [0.15, 0.2) is 0 Å². The van der Waals surface area contributed by atoms with E-state index in [0.717, 1.165) is 24.9 Å². The van der Waals surface area contributed by atoms with Gasteiger partial charge in [-0.1, -0.05) is 17.3 Å². The first-order valence-electron chi connectivity index (χ1n) is 6.34. The molecule has 0 spiro atoms. The topological polar surface area (TPSA) is 62.1 Å². The van der Waals surface area contributed by atoms with Gasteiger partial charge in [-0.05, 0) is 30.5 Å². The number of aliphatic hydroxyl groups excluding tert-OH is 1. The van der Waals surface area contributed by atoms with Crippen LogP contribution in [0.3, 0.4) is 0 Å². The Balaban J connectivity index is 2.09. The Morgan fingerprint density at radius 3 is 2.89 bits per heavy atom. The lowest BCUT2D eigenvalue weighted by atomic mass is 10.1. The van der Waals surface area contributed by atoms with Crippen LogP contribution in [0.1, 0.15) is 28.8 Å². The van der Waals surface area contributed by atoms with E-state index in [1.165, 1.54) is 7.11 Å². The van der Waals surface area contributed by atoms with Crippen LogP contribution in [0.2, 0.25) is 0 Å². The lowest BCUT2D eigenvalue weighted by Gasteiger charge is -2.23. The molecule has 0 radical (unpaired) electrons. The molecular weight excluding hydrogens is 244 g/mol. The molecule has 5 nitrogen and oxygen atoms in total. The van der Waals surface area contributed by atoms with E-state index in [0.29, 0.717) is 5.56 Å². The predicted molar refractivity (Wildman–Crippen MR) is 72.2 cm³/mol. The zero-order chi connectivity index (χ0) is 13.7. The van der Waals surface area contributed by atoms with E-state index in [4.69, 9.17) is 0 Å². The Morgan fingerprint density at radius 2 is 2.26 bits per heavy atom. The fourth-order valence-electron chi connectivity index (χ4n) is 2.28. The molecule has 19 heavy (non-hydrogen) atoms. The molecular formula is C14H18N2O3. The highest BCUT2D eigenvalue weighted by Crippen LogP contribution is 2.19. The van der Waals surface area contributed by atoms with Crippen molar-refractivity contribution in [3.8, 4) is 0 Å². The number of nitrogens with zero attached hydrogens (tertiary/aromatic N) is 2. The Kier molecular flexibility index (Phi) is 4.52. The number of hydrogen-bond donors (Lipinski definition) is 1. The third kappa shape index (κ3) is 3.12. The number of likely N-dealkylation sites (tertiary alicyclic amines) is 1. The lowest BCUT2D eigenvalue weighted by Crippen LogP contribution is -2.37. The number of hydrogen-bond acceptors (Lipinski definition) is 4. The molecule has 1 saturated heterocycles. The summed E-state index contributed by atoms with van der Waals surface area (Å²) >= 11 is 0. The summed E-state index contributed by atoms with van der Waals surface area (Å²) < 4.78 is 0. The Morgan fingerprint density at radius 1 is 1.53 bits per heavy atom. The molecule has 0 bridgehead atoms. The summed E-state index contributed by atoms with van der Waals surface area (Å²) in [7, 11) is 1.48. The molecule has 1 aliphatic heterocycles. The molecule has 0 aromatic heterocycles. The summed E-state index contributed by atoms with van der Waals surface area (Å²) in [5.74, 6) is -0.0215. The highest BCUT2D eigenvalue weighted by molar-refractivity contribution is 5.95. The third-order valence-corrected chi connectivity index (χ3v) is 3.31. The van der Waals surface area contributed by atoms with Gasteiger partial charge in [0.2, 0.25) is 0 Å². The first-order valence-corrected chi connectivity index (χ1v) is 6.34. The maximum absolute atomic E-state index is 12.3. The van der Waals surface area contributed by atoms with Crippen molar-refractivity contribution in [3.05, 3.63) is 35.4 Å². The predicted octanol–water partition coefficient (Wildman–Crippen LogP) is 1.26. The molecule has 1 fully saturated rings. The highest BCUT2D eigenvalue weighted by atomic mass is 16.6. The molecule has 1 aromatic rings. The van der Waals surface area contributed by atoms with E-state index in [-0.39, 0.29) is 18.6 Å². The van der Waals surface area contributed by atoms with Crippen molar-refractivity contribution < 1.29 is 14.7 Å². The Hall–Kier alpha value is -1.88. The van der Waals surface area contributed by atoms with Gasteiger partial charge in [-0.25, -0.2) is 0 Å². The molecule has 1 heterocycles. The maximum Gasteiger partial charge on any atom is 0.254 e. The van der Waals surface area contributed by atoms with E-state index in [1.807, 2.05) is 12.1 Å². The van der Waals surface area contributed by atoms with Gasteiger partial charge in [0, 0.05) is 12.1 Å². The highest BCUT2D eigenvalue weighted by Gasteiger charge is 2.28. The van der Waals surface area contributed by atoms with Crippen LogP contribution >= 0.6 is 0 Å². The summed E-state index contributed by atoms with van der Waals surface area (Å²) in [5, 5.41) is 12.9.